The van der Waals surface area contributed by atoms with Gasteiger partial charge < -0.3 is 9.80 Å². The fourth-order valence-electron chi connectivity index (χ4n) is 4.70. The zero-order valence-electron chi connectivity index (χ0n) is 14.9. The molecule has 0 radical (unpaired) electrons. The number of hydrogen-bond donors (Lipinski definition) is 0. The summed E-state index contributed by atoms with van der Waals surface area (Å²) in [6, 6.07) is 13.6. The number of hydrogen-bond acceptors (Lipinski definition) is 2. The van der Waals surface area contributed by atoms with Gasteiger partial charge in [-0.15, -0.1) is 0 Å². The van der Waals surface area contributed by atoms with Crippen molar-refractivity contribution in [2.75, 3.05) is 16.3 Å². The Morgan fingerprint density at radius 2 is 1.78 bits per heavy atom. The molecule has 0 spiro atoms. The van der Waals surface area contributed by atoms with Crippen LogP contribution in [0.15, 0.2) is 36.4 Å². The summed E-state index contributed by atoms with van der Waals surface area (Å²) in [7, 11) is 0. The maximum atomic E-state index is 2.66. The van der Waals surface area contributed by atoms with Gasteiger partial charge in [0.2, 0.25) is 0 Å². The van der Waals surface area contributed by atoms with E-state index < -0.39 is 0 Å². The van der Waals surface area contributed by atoms with Crippen LogP contribution in [0.2, 0.25) is 0 Å². The zero-order chi connectivity index (χ0) is 16.4. The van der Waals surface area contributed by atoms with Crippen LogP contribution < -0.4 is 9.80 Å². The van der Waals surface area contributed by atoms with Gasteiger partial charge in [0.15, 0.2) is 0 Å². The van der Waals surface area contributed by atoms with Crippen molar-refractivity contribution in [2.24, 2.45) is 0 Å². The molecule has 2 aromatic rings. The second-order valence-electron chi connectivity index (χ2n) is 7.46. The number of rotatable bonds is 1. The first kappa shape index (κ1) is 14.6. The van der Waals surface area contributed by atoms with Crippen molar-refractivity contribution in [3.63, 3.8) is 0 Å². The average Bonchev–Trinajstić information content (AvgIpc) is 2.52. The molecule has 23 heavy (non-hydrogen) atoms. The summed E-state index contributed by atoms with van der Waals surface area (Å²) in [5.74, 6) is 0. The van der Waals surface area contributed by atoms with Gasteiger partial charge in [-0.05, 0) is 69.9 Å². The molecular weight excluding hydrogens is 280 g/mol. The summed E-state index contributed by atoms with van der Waals surface area (Å²) >= 11 is 0. The molecule has 3 heterocycles. The first-order chi connectivity index (χ1) is 10.9. The lowest BCUT2D eigenvalue weighted by Gasteiger charge is -2.61. The van der Waals surface area contributed by atoms with E-state index in [0.29, 0.717) is 6.17 Å². The zero-order valence-corrected chi connectivity index (χ0v) is 14.9. The lowest BCUT2D eigenvalue weighted by molar-refractivity contribution is 0.294. The third-order valence-electron chi connectivity index (χ3n) is 6.03. The van der Waals surface area contributed by atoms with Crippen LogP contribution in [0, 0.1) is 20.8 Å². The number of nitrogens with zero attached hydrogens (tertiary/aromatic N) is 2. The van der Waals surface area contributed by atoms with Crippen LogP contribution in [-0.4, -0.2) is 12.7 Å². The van der Waals surface area contributed by atoms with Crippen molar-refractivity contribution >= 4 is 11.4 Å². The number of benzene rings is 2. The maximum absolute atomic E-state index is 2.66. The molecule has 0 aliphatic carbocycles. The molecule has 2 nitrogen and oxygen atoms in total. The van der Waals surface area contributed by atoms with E-state index in [4.69, 9.17) is 0 Å². The van der Waals surface area contributed by atoms with Crippen LogP contribution in [0.4, 0.5) is 11.4 Å². The molecule has 5 rings (SSSR count). The Hall–Kier alpha value is -1.96. The van der Waals surface area contributed by atoms with Gasteiger partial charge in [0.05, 0.1) is 11.7 Å². The third-order valence-corrected chi connectivity index (χ3v) is 6.03. The van der Waals surface area contributed by atoms with E-state index in [1.807, 2.05) is 0 Å². The molecule has 3 aliphatic heterocycles. The standard InChI is InChI=1S/C21H26N2/c1-14-12-15(2)16(3)20(13-14)23-17(4)22-11-10-21(23,5)18-8-6-7-9-19(18)22/h6-9,12-13,17H,10-11H2,1-5H3/t17-,21?/m0/s1. The first-order valence-corrected chi connectivity index (χ1v) is 8.67. The third kappa shape index (κ3) is 1.87. The maximum Gasteiger partial charge on any atom is 0.0995 e. The van der Waals surface area contributed by atoms with Gasteiger partial charge in [0.1, 0.15) is 0 Å². The minimum absolute atomic E-state index is 0.0791. The molecule has 0 N–H and O–H groups in total. The molecule has 2 atom stereocenters. The number of para-hydroxylation sites is 1. The summed E-state index contributed by atoms with van der Waals surface area (Å²) in [6.45, 7) is 12.6. The minimum atomic E-state index is 0.0791. The van der Waals surface area contributed by atoms with E-state index in [1.54, 1.807) is 0 Å². The van der Waals surface area contributed by atoms with Crippen molar-refractivity contribution < 1.29 is 0 Å². The van der Waals surface area contributed by atoms with Crippen molar-refractivity contribution in [3.05, 3.63) is 58.7 Å². The Labute approximate surface area is 139 Å². The Balaban J connectivity index is 1.95. The van der Waals surface area contributed by atoms with Gasteiger partial charge in [0.25, 0.3) is 0 Å². The fraction of sp³-hybridized carbons (Fsp3) is 0.429. The SMILES string of the molecule is Cc1cc(C)c(C)c(N2[C@@H](C)N3CCC2(C)c2ccccc23)c1. The van der Waals surface area contributed by atoms with Crippen LogP contribution in [0.3, 0.4) is 0 Å². The summed E-state index contributed by atoms with van der Waals surface area (Å²) < 4.78 is 0. The monoisotopic (exact) mass is 306 g/mol. The molecule has 1 saturated heterocycles. The quantitative estimate of drug-likeness (QED) is 0.739. The molecule has 2 bridgehead atoms. The number of aryl methyl sites for hydroxylation is 2. The van der Waals surface area contributed by atoms with Crippen LogP contribution in [0.5, 0.6) is 0 Å². The Morgan fingerprint density at radius 1 is 1.04 bits per heavy atom. The molecule has 3 aliphatic rings. The van der Waals surface area contributed by atoms with Crippen molar-refractivity contribution in [2.45, 2.75) is 52.7 Å². The van der Waals surface area contributed by atoms with E-state index in [2.05, 4.69) is 80.8 Å². The molecule has 0 saturated carbocycles. The highest BCUT2D eigenvalue weighted by Gasteiger charge is 2.49. The Kier molecular flexibility index (Phi) is 3.03. The van der Waals surface area contributed by atoms with Gasteiger partial charge in [-0.3, -0.25) is 0 Å². The largest absolute Gasteiger partial charge is 0.351 e. The topological polar surface area (TPSA) is 6.48 Å². The smallest absolute Gasteiger partial charge is 0.0995 e. The minimum Gasteiger partial charge on any atom is -0.351 e. The molecule has 1 fully saturated rings. The van der Waals surface area contributed by atoms with Gasteiger partial charge >= 0.3 is 0 Å². The number of fused-ring (bicyclic) bond motifs is 2. The van der Waals surface area contributed by atoms with Crippen LogP contribution in [0.1, 0.15) is 42.5 Å². The van der Waals surface area contributed by atoms with Gasteiger partial charge in [-0.25, -0.2) is 0 Å². The average molecular weight is 306 g/mol. The Morgan fingerprint density at radius 3 is 2.57 bits per heavy atom. The molecule has 0 amide bonds. The summed E-state index contributed by atoms with van der Waals surface area (Å²) in [6.07, 6.45) is 1.57. The van der Waals surface area contributed by atoms with E-state index in [0.717, 1.165) is 6.54 Å². The highest BCUT2D eigenvalue weighted by atomic mass is 15.4. The van der Waals surface area contributed by atoms with Gasteiger partial charge in [0, 0.05) is 23.5 Å². The van der Waals surface area contributed by atoms with E-state index in [-0.39, 0.29) is 5.54 Å². The Bertz CT molecular complexity index is 779. The lowest BCUT2D eigenvalue weighted by atomic mass is 9.77. The molecule has 1 unspecified atom stereocenters. The molecule has 2 aromatic carbocycles. The van der Waals surface area contributed by atoms with Crippen LogP contribution in [0.25, 0.3) is 0 Å². The summed E-state index contributed by atoms with van der Waals surface area (Å²) in [5, 5.41) is 0. The fourth-order valence-corrected chi connectivity index (χ4v) is 4.70. The molecular formula is C21H26N2. The van der Waals surface area contributed by atoms with Crippen molar-refractivity contribution in [1.82, 2.24) is 0 Å². The second-order valence-corrected chi connectivity index (χ2v) is 7.46. The predicted molar refractivity (Wildman–Crippen MR) is 98.4 cm³/mol. The molecule has 0 aromatic heterocycles. The van der Waals surface area contributed by atoms with Gasteiger partial charge in [-0.1, -0.05) is 24.3 Å². The van der Waals surface area contributed by atoms with Gasteiger partial charge in [-0.2, -0.15) is 0 Å². The highest BCUT2D eigenvalue weighted by molar-refractivity contribution is 5.71. The van der Waals surface area contributed by atoms with E-state index in [1.165, 1.54) is 40.0 Å². The molecule has 2 heteroatoms. The van der Waals surface area contributed by atoms with Crippen molar-refractivity contribution in [3.8, 4) is 0 Å². The summed E-state index contributed by atoms with van der Waals surface area (Å²) in [4.78, 5) is 5.23. The normalized spacial score (nSPS) is 25.7. The first-order valence-electron chi connectivity index (χ1n) is 8.67. The van der Waals surface area contributed by atoms with Crippen molar-refractivity contribution in [1.29, 1.82) is 0 Å². The van der Waals surface area contributed by atoms with E-state index >= 15 is 0 Å². The van der Waals surface area contributed by atoms with Crippen LogP contribution >= 0.6 is 0 Å². The van der Waals surface area contributed by atoms with Crippen LogP contribution in [-0.2, 0) is 5.54 Å². The summed E-state index contributed by atoms with van der Waals surface area (Å²) in [5.41, 5.74) is 8.53. The highest BCUT2D eigenvalue weighted by Crippen LogP contribution is 2.51. The number of anilines is 2. The lowest BCUT2D eigenvalue weighted by Crippen LogP contribution is -2.66. The van der Waals surface area contributed by atoms with E-state index in [9.17, 15) is 0 Å². The second kappa shape index (κ2) is 4.77. The predicted octanol–water partition coefficient (Wildman–Crippen LogP) is 4.90. The molecule has 120 valence electrons.